The first kappa shape index (κ1) is 23.1. The molecule has 2 N–H and O–H groups in total. The van der Waals surface area contributed by atoms with E-state index in [1.807, 2.05) is 0 Å². The molecule has 6 nitrogen and oxygen atoms in total. The zero-order chi connectivity index (χ0) is 23.8. The smallest absolute Gasteiger partial charge is 0.416 e. The predicted molar refractivity (Wildman–Crippen MR) is 108 cm³/mol. The van der Waals surface area contributed by atoms with Crippen LogP contribution in [-0.2, 0) is 11.0 Å². The zero-order valence-corrected chi connectivity index (χ0v) is 17.3. The maximum Gasteiger partial charge on any atom is 0.416 e. The second-order valence-electron chi connectivity index (χ2n) is 7.06. The first-order valence-corrected chi connectivity index (χ1v) is 9.40. The number of fused-ring (bicyclic) bond motifs is 3. The molecule has 1 atom stereocenters. The third kappa shape index (κ3) is 4.40. The molecular formula is C22H19F4N3O3. The van der Waals surface area contributed by atoms with Crippen LogP contribution in [0.15, 0.2) is 47.5 Å². The SMILES string of the molecule is CC(=O)O.Cc1nc2n(c1C)-c1ccc(C(F)(F)F)cc1C(c1ccccc1F)=NC2O. The lowest BCUT2D eigenvalue weighted by atomic mass is 9.97. The minimum atomic E-state index is -4.58. The molecular weight excluding hydrogens is 430 g/mol. The van der Waals surface area contributed by atoms with E-state index in [0.29, 0.717) is 17.1 Å². The van der Waals surface area contributed by atoms with Gasteiger partial charge in [-0.25, -0.2) is 14.4 Å². The van der Waals surface area contributed by atoms with E-state index in [4.69, 9.17) is 9.90 Å². The number of carbonyl (C=O) groups is 1. The van der Waals surface area contributed by atoms with Gasteiger partial charge in [0.05, 0.1) is 22.7 Å². The minimum absolute atomic E-state index is 0.00209. The summed E-state index contributed by atoms with van der Waals surface area (Å²) >= 11 is 0. The largest absolute Gasteiger partial charge is 0.481 e. The number of aromatic nitrogens is 2. The number of aliphatic hydroxyl groups is 1. The first-order valence-electron chi connectivity index (χ1n) is 9.40. The number of alkyl halides is 3. The Bertz CT molecular complexity index is 1210. The number of carboxylic acids is 1. The Kier molecular flexibility index (Phi) is 6.18. The fourth-order valence-electron chi connectivity index (χ4n) is 3.33. The number of aliphatic hydroxyl groups excluding tert-OH is 1. The minimum Gasteiger partial charge on any atom is -0.481 e. The summed E-state index contributed by atoms with van der Waals surface area (Å²) in [6.07, 6.45) is -6.04. The number of nitrogens with zero attached hydrogens (tertiary/aromatic N) is 3. The van der Waals surface area contributed by atoms with Crippen LogP contribution >= 0.6 is 0 Å². The molecule has 0 saturated carbocycles. The Labute approximate surface area is 180 Å². The van der Waals surface area contributed by atoms with Crippen molar-refractivity contribution >= 4 is 11.7 Å². The third-order valence-electron chi connectivity index (χ3n) is 4.80. The van der Waals surface area contributed by atoms with Gasteiger partial charge in [-0.1, -0.05) is 12.1 Å². The molecule has 4 rings (SSSR count). The predicted octanol–water partition coefficient (Wildman–Crippen LogP) is 4.58. The van der Waals surface area contributed by atoms with E-state index in [-0.39, 0.29) is 22.7 Å². The lowest BCUT2D eigenvalue weighted by Gasteiger charge is -2.16. The third-order valence-corrected chi connectivity index (χ3v) is 4.80. The number of hydrogen-bond donors (Lipinski definition) is 2. The van der Waals surface area contributed by atoms with Crippen LogP contribution in [0.5, 0.6) is 0 Å². The van der Waals surface area contributed by atoms with Crippen molar-refractivity contribution in [2.45, 2.75) is 33.2 Å². The summed E-state index contributed by atoms with van der Waals surface area (Å²) in [5.74, 6) is -1.31. The molecule has 0 saturated heterocycles. The van der Waals surface area contributed by atoms with Gasteiger partial charge in [0.1, 0.15) is 5.82 Å². The van der Waals surface area contributed by atoms with Gasteiger partial charge in [0.15, 0.2) is 5.82 Å². The van der Waals surface area contributed by atoms with Crippen molar-refractivity contribution in [3.05, 3.63) is 82.2 Å². The van der Waals surface area contributed by atoms with Gasteiger partial charge in [0.2, 0.25) is 6.23 Å². The lowest BCUT2D eigenvalue weighted by Crippen LogP contribution is -2.13. The summed E-state index contributed by atoms with van der Waals surface area (Å²) in [7, 11) is 0. The van der Waals surface area contributed by atoms with Crippen LogP contribution in [-0.4, -0.2) is 31.4 Å². The van der Waals surface area contributed by atoms with Gasteiger partial charge in [-0.15, -0.1) is 0 Å². The van der Waals surface area contributed by atoms with E-state index in [2.05, 4.69) is 9.98 Å². The standard InChI is InChI=1S/C20H15F4N3O.C2H4O2/c1-10-11(2)27-16-8-7-12(20(22,23)24)9-14(16)17(26-19(28)18(27)25-10)13-5-3-4-6-15(13)21;1-2(3)4/h3-9,19,28H,1-2H3;1H3,(H,3,4). The number of benzene rings is 2. The van der Waals surface area contributed by atoms with Crippen LogP contribution in [0.2, 0.25) is 0 Å². The van der Waals surface area contributed by atoms with E-state index in [1.54, 1.807) is 24.5 Å². The van der Waals surface area contributed by atoms with Crippen molar-refractivity contribution < 1.29 is 32.6 Å². The van der Waals surface area contributed by atoms with Gasteiger partial charge < -0.3 is 10.2 Å². The Morgan fingerprint density at radius 2 is 1.72 bits per heavy atom. The summed E-state index contributed by atoms with van der Waals surface area (Å²) in [5.41, 5.74) is 0.738. The maximum atomic E-state index is 14.5. The highest BCUT2D eigenvalue weighted by Crippen LogP contribution is 2.36. The van der Waals surface area contributed by atoms with E-state index >= 15 is 0 Å². The lowest BCUT2D eigenvalue weighted by molar-refractivity contribution is -0.137. The highest BCUT2D eigenvalue weighted by Gasteiger charge is 2.34. The van der Waals surface area contributed by atoms with Crippen molar-refractivity contribution in [3.8, 4) is 5.69 Å². The average Bonchev–Trinajstić information content (AvgIpc) is 2.93. The van der Waals surface area contributed by atoms with Gasteiger partial charge in [-0.3, -0.25) is 9.36 Å². The Balaban J connectivity index is 0.000000668. The number of aliphatic imine (C=N–C) groups is 1. The molecule has 3 aromatic rings. The molecule has 0 spiro atoms. The maximum absolute atomic E-state index is 14.5. The number of halogens is 4. The fourth-order valence-corrected chi connectivity index (χ4v) is 3.33. The Morgan fingerprint density at radius 1 is 1.09 bits per heavy atom. The monoisotopic (exact) mass is 449 g/mol. The van der Waals surface area contributed by atoms with Crippen LogP contribution in [0.3, 0.4) is 0 Å². The second-order valence-corrected chi connectivity index (χ2v) is 7.06. The van der Waals surface area contributed by atoms with Crippen molar-refractivity contribution in [2.24, 2.45) is 4.99 Å². The highest BCUT2D eigenvalue weighted by molar-refractivity contribution is 6.15. The average molecular weight is 449 g/mol. The van der Waals surface area contributed by atoms with Crippen LogP contribution in [0.4, 0.5) is 17.6 Å². The Morgan fingerprint density at radius 3 is 2.31 bits per heavy atom. The molecule has 1 aliphatic rings. The first-order chi connectivity index (χ1) is 14.9. The normalized spacial score (nSPS) is 15.0. The Hall–Kier alpha value is -3.53. The molecule has 0 fully saturated rings. The number of carboxylic acid groups (broad SMARTS) is 1. The molecule has 10 heteroatoms. The molecule has 0 amide bonds. The molecule has 0 bridgehead atoms. The number of hydrogen-bond acceptors (Lipinski definition) is 4. The van der Waals surface area contributed by atoms with Crippen molar-refractivity contribution in [2.75, 3.05) is 0 Å². The topological polar surface area (TPSA) is 87.7 Å². The number of imidazole rings is 1. The molecule has 32 heavy (non-hydrogen) atoms. The second kappa shape index (κ2) is 8.54. The summed E-state index contributed by atoms with van der Waals surface area (Å²) in [6.45, 7) is 4.56. The summed E-state index contributed by atoms with van der Waals surface area (Å²) < 4.78 is 56.0. The van der Waals surface area contributed by atoms with Crippen molar-refractivity contribution in [1.82, 2.24) is 9.55 Å². The van der Waals surface area contributed by atoms with Crippen molar-refractivity contribution in [3.63, 3.8) is 0 Å². The van der Waals surface area contributed by atoms with Crippen LogP contribution in [0, 0.1) is 19.7 Å². The molecule has 0 radical (unpaired) electrons. The van der Waals surface area contributed by atoms with Crippen LogP contribution in [0.1, 0.15) is 47.1 Å². The van der Waals surface area contributed by atoms with E-state index in [9.17, 15) is 22.7 Å². The highest BCUT2D eigenvalue weighted by atomic mass is 19.4. The van der Waals surface area contributed by atoms with E-state index in [1.165, 1.54) is 24.3 Å². The molecule has 2 heterocycles. The van der Waals surface area contributed by atoms with E-state index in [0.717, 1.165) is 19.1 Å². The summed E-state index contributed by atoms with van der Waals surface area (Å²) in [5, 5.41) is 18.0. The van der Waals surface area contributed by atoms with Crippen molar-refractivity contribution in [1.29, 1.82) is 0 Å². The van der Waals surface area contributed by atoms with Gasteiger partial charge in [0.25, 0.3) is 5.97 Å². The van der Waals surface area contributed by atoms with E-state index < -0.39 is 29.8 Å². The fraction of sp³-hybridized carbons (Fsp3) is 0.227. The van der Waals surface area contributed by atoms with Crippen LogP contribution in [0.25, 0.3) is 5.69 Å². The molecule has 168 valence electrons. The molecule has 1 aliphatic heterocycles. The van der Waals surface area contributed by atoms with Gasteiger partial charge in [0, 0.05) is 23.7 Å². The number of aryl methyl sites for hydroxylation is 1. The number of aliphatic carboxylic acids is 1. The number of rotatable bonds is 1. The summed E-state index contributed by atoms with van der Waals surface area (Å²) in [4.78, 5) is 17.5. The van der Waals surface area contributed by atoms with Gasteiger partial charge in [-0.2, -0.15) is 13.2 Å². The summed E-state index contributed by atoms with van der Waals surface area (Å²) in [6, 6.07) is 8.81. The molecule has 1 unspecified atom stereocenters. The molecule has 2 aromatic carbocycles. The zero-order valence-electron chi connectivity index (χ0n) is 17.3. The molecule has 0 aliphatic carbocycles. The van der Waals surface area contributed by atoms with Gasteiger partial charge in [-0.05, 0) is 44.2 Å². The quantitative estimate of drug-likeness (QED) is 0.533. The van der Waals surface area contributed by atoms with Crippen LogP contribution < -0.4 is 0 Å². The molecule has 1 aromatic heterocycles. The van der Waals surface area contributed by atoms with Gasteiger partial charge >= 0.3 is 6.18 Å².